The van der Waals surface area contributed by atoms with Gasteiger partial charge in [-0.15, -0.1) is 0 Å². The second-order valence-corrected chi connectivity index (χ2v) is 4.56. The third-order valence-electron chi connectivity index (χ3n) is 2.67. The minimum Gasteiger partial charge on any atom is -0.433 e. The normalized spacial score (nSPS) is 12.5. The fourth-order valence-electron chi connectivity index (χ4n) is 1.80. The first kappa shape index (κ1) is 14.5. The van der Waals surface area contributed by atoms with Crippen LogP contribution >= 0.6 is 11.6 Å². The standard InChI is InChI=1S/C12H13ClF2N4O/c1-7(11-16-6-17-19(11)2)18-9-4-3-8(13)5-10(9)20-12(14)15/h3-7,12,18H,1-2H3. The highest BCUT2D eigenvalue weighted by Crippen LogP contribution is 2.31. The lowest BCUT2D eigenvalue weighted by Crippen LogP contribution is -2.14. The van der Waals surface area contributed by atoms with Gasteiger partial charge in [0, 0.05) is 18.1 Å². The summed E-state index contributed by atoms with van der Waals surface area (Å²) < 4.78 is 30.8. The highest BCUT2D eigenvalue weighted by Gasteiger charge is 2.15. The van der Waals surface area contributed by atoms with E-state index in [9.17, 15) is 8.78 Å². The minimum atomic E-state index is -2.92. The number of alkyl halides is 2. The lowest BCUT2D eigenvalue weighted by Gasteiger charge is -2.17. The maximum atomic E-state index is 12.4. The van der Waals surface area contributed by atoms with Crippen molar-refractivity contribution in [3.8, 4) is 5.75 Å². The Morgan fingerprint density at radius 3 is 2.75 bits per heavy atom. The molecule has 0 radical (unpaired) electrons. The van der Waals surface area contributed by atoms with Gasteiger partial charge < -0.3 is 10.1 Å². The maximum absolute atomic E-state index is 12.4. The predicted molar refractivity (Wildman–Crippen MR) is 71.1 cm³/mol. The van der Waals surface area contributed by atoms with Crippen LogP contribution in [0.1, 0.15) is 18.8 Å². The van der Waals surface area contributed by atoms with E-state index in [4.69, 9.17) is 11.6 Å². The van der Waals surface area contributed by atoms with Gasteiger partial charge in [-0.2, -0.15) is 13.9 Å². The molecule has 0 amide bonds. The van der Waals surface area contributed by atoms with Gasteiger partial charge >= 0.3 is 6.61 Å². The molecule has 0 aliphatic rings. The molecule has 0 fully saturated rings. The third kappa shape index (κ3) is 3.36. The zero-order chi connectivity index (χ0) is 14.7. The van der Waals surface area contributed by atoms with E-state index in [0.29, 0.717) is 16.5 Å². The molecule has 20 heavy (non-hydrogen) atoms. The van der Waals surface area contributed by atoms with Crippen molar-refractivity contribution in [2.24, 2.45) is 7.05 Å². The number of hydrogen-bond donors (Lipinski definition) is 1. The Bertz CT molecular complexity index is 591. The highest BCUT2D eigenvalue weighted by atomic mass is 35.5. The monoisotopic (exact) mass is 302 g/mol. The van der Waals surface area contributed by atoms with Crippen LogP contribution in [0, 0.1) is 0 Å². The molecule has 2 rings (SSSR count). The van der Waals surface area contributed by atoms with Crippen LogP contribution in [0.5, 0.6) is 5.75 Å². The molecule has 1 heterocycles. The number of aromatic nitrogens is 3. The molecule has 1 N–H and O–H groups in total. The molecule has 1 aromatic carbocycles. The summed E-state index contributed by atoms with van der Waals surface area (Å²) in [6, 6.07) is 4.27. The fraction of sp³-hybridized carbons (Fsp3) is 0.333. The van der Waals surface area contributed by atoms with Crippen LogP contribution in [0.3, 0.4) is 0 Å². The average molecular weight is 303 g/mol. The van der Waals surface area contributed by atoms with Crippen LogP contribution in [0.25, 0.3) is 0 Å². The topological polar surface area (TPSA) is 52.0 Å². The molecule has 0 bridgehead atoms. The van der Waals surface area contributed by atoms with Gasteiger partial charge in [0.05, 0.1) is 11.7 Å². The van der Waals surface area contributed by atoms with Gasteiger partial charge in [-0.05, 0) is 19.1 Å². The second kappa shape index (κ2) is 6.04. The zero-order valence-corrected chi connectivity index (χ0v) is 11.6. The number of nitrogens with one attached hydrogen (secondary N) is 1. The molecule has 108 valence electrons. The number of ether oxygens (including phenoxy) is 1. The van der Waals surface area contributed by atoms with E-state index in [1.54, 1.807) is 23.9 Å². The Labute approximate surface area is 119 Å². The number of anilines is 1. The van der Waals surface area contributed by atoms with E-state index in [1.807, 2.05) is 6.92 Å². The number of halogens is 3. The third-order valence-corrected chi connectivity index (χ3v) is 2.90. The maximum Gasteiger partial charge on any atom is 0.387 e. The number of aryl methyl sites for hydroxylation is 1. The first-order valence-electron chi connectivity index (χ1n) is 5.82. The van der Waals surface area contributed by atoms with Gasteiger partial charge in [-0.1, -0.05) is 11.6 Å². The first-order chi connectivity index (χ1) is 9.47. The molecule has 1 aromatic heterocycles. The molecule has 2 aromatic rings. The Hall–Kier alpha value is -1.89. The van der Waals surface area contributed by atoms with Crippen molar-refractivity contribution in [2.45, 2.75) is 19.6 Å². The molecule has 0 saturated heterocycles. The molecule has 5 nitrogen and oxygen atoms in total. The lowest BCUT2D eigenvalue weighted by molar-refractivity contribution is -0.0493. The Balaban J connectivity index is 2.22. The minimum absolute atomic E-state index is 0.0125. The largest absolute Gasteiger partial charge is 0.433 e. The summed E-state index contributed by atoms with van der Waals surface area (Å²) in [6.45, 7) is -1.08. The summed E-state index contributed by atoms with van der Waals surface area (Å²) >= 11 is 5.78. The van der Waals surface area contributed by atoms with Crippen molar-refractivity contribution >= 4 is 17.3 Å². The van der Waals surface area contributed by atoms with Gasteiger partial charge in [-0.25, -0.2) is 4.98 Å². The summed E-state index contributed by atoms with van der Waals surface area (Å²) in [5.74, 6) is 0.657. The number of nitrogens with zero attached hydrogens (tertiary/aromatic N) is 3. The summed E-state index contributed by atoms with van der Waals surface area (Å²) in [4.78, 5) is 4.09. The van der Waals surface area contributed by atoms with Gasteiger partial charge in [-0.3, -0.25) is 4.68 Å². The van der Waals surface area contributed by atoms with Crippen molar-refractivity contribution < 1.29 is 13.5 Å². The first-order valence-corrected chi connectivity index (χ1v) is 6.20. The van der Waals surface area contributed by atoms with Gasteiger partial charge in [0.2, 0.25) is 0 Å². The molecular formula is C12H13ClF2N4O. The van der Waals surface area contributed by atoms with Crippen LogP contribution in [0.2, 0.25) is 5.02 Å². The summed E-state index contributed by atoms with van der Waals surface area (Å²) in [6.07, 6.45) is 1.42. The molecule has 0 spiro atoms. The van der Waals surface area contributed by atoms with Crippen LogP contribution < -0.4 is 10.1 Å². The van der Waals surface area contributed by atoms with Gasteiger partial charge in [0.15, 0.2) is 5.75 Å². The van der Waals surface area contributed by atoms with Crippen LogP contribution in [-0.2, 0) is 7.05 Å². The highest BCUT2D eigenvalue weighted by molar-refractivity contribution is 6.30. The average Bonchev–Trinajstić information content (AvgIpc) is 2.78. The van der Waals surface area contributed by atoms with E-state index in [1.165, 1.54) is 12.4 Å². The second-order valence-electron chi connectivity index (χ2n) is 4.13. The number of rotatable bonds is 5. The van der Waals surface area contributed by atoms with Crippen molar-refractivity contribution in [1.82, 2.24) is 14.8 Å². The Kier molecular flexibility index (Phi) is 4.39. The zero-order valence-electron chi connectivity index (χ0n) is 10.8. The number of hydrogen-bond acceptors (Lipinski definition) is 4. The molecule has 1 unspecified atom stereocenters. The van der Waals surface area contributed by atoms with Crippen LogP contribution in [0.4, 0.5) is 14.5 Å². The van der Waals surface area contributed by atoms with Crippen LogP contribution in [0.15, 0.2) is 24.5 Å². The lowest BCUT2D eigenvalue weighted by atomic mass is 10.2. The Morgan fingerprint density at radius 2 is 2.15 bits per heavy atom. The summed E-state index contributed by atoms with van der Waals surface area (Å²) in [5, 5.41) is 7.32. The van der Waals surface area contributed by atoms with Gasteiger partial charge in [0.1, 0.15) is 12.2 Å². The summed E-state index contributed by atoms with van der Waals surface area (Å²) in [5.41, 5.74) is 0.408. The van der Waals surface area contributed by atoms with E-state index in [-0.39, 0.29) is 11.8 Å². The van der Waals surface area contributed by atoms with E-state index in [2.05, 4.69) is 20.1 Å². The van der Waals surface area contributed by atoms with Gasteiger partial charge in [0.25, 0.3) is 0 Å². The van der Waals surface area contributed by atoms with E-state index >= 15 is 0 Å². The molecule has 0 saturated carbocycles. The van der Waals surface area contributed by atoms with E-state index in [0.717, 1.165) is 0 Å². The quantitative estimate of drug-likeness (QED) is 0.921. The SMILES string of the molecule is CC(Nc1ccc(Cl)cc1OC(F)F)c1ncnn1C. The summed E-state index contributed by atoms with van der Waals surface area (Å²) in [7, 11) is 1.75. The molecule has 0 aliphatic heterocycles. The smallest absolute Gasteiger partial charge is 0.387 e. The predicted octanol–water partition coefficient (Wildman–Crippen LogP) is 3.24. The van der Waals surface area contributed by atoms with Crippen LogP contribution in [-0.4, -0.2) is 21.4 Å². The van der Waals surface area contributed by atoms with Crippen molar-refractivity contribution in [2.75, 3.05) is 5.32 Å². The molecule has 0 aliphatic carbocycles. The number of benzene rings is 1. The fourth-order valence-corrected chi connectivity index (χ4v) is 1.97. The molecule has 8 heteroatoms. The van der Waals surface area contributed by atoms with Crippen molar-refractivity contribution in [1.29, 1.82) is 0 Å². The van der Waals surface area contributed by atoms with Crippen molar-refractivity contribution in [3.63, 3.8) is 0 Å². The molecule has 1 atom stereocenters. The van der Waals surface area contributed by atoms with Crippen molar-refractivity contribution in [3.05, 3.63) is 35.4 Å². The Morgan fingerprint density at radius 1 is 1.40 bits per heavy atom. The van der Waals surface area contributed by atoms with E-state index < -0.39 is 6.61 Å². The molecular weight excluding hydrogens is 290 g/mol.